The molecule has 3 N–H and O–H groups in total. The standard InChI is InChI=1S/C21H17ClF3N7O3/c22-13-7-5-12(6-8-13)18-29-31(20(35)30(18)10-9-21(23,24)25)11-16-27-19(17(26)34)32(28-16)14-3-1-2-4-15(14)33/h1-8,33H,9-11H2,(H2,26,34). The number of aromatic nitrogens is 6. The van der Waals surface area contributed by atoms with Crippen LogP contribution >= 0.6 is 11.6 Å². The SMILES string of the molecule is NC(=O)c1nc(Cn2nc(-c3ccc(Cl)cc3)n(CCC(F)(F)F)c2=O)nn1-c1ccccc1O. The van der Waals surface area contributed by atoms with Crippen LogP contribution in [-0.2, 0) is 13.1 Å². The number of amides is 1. The molecule has 0 aliphatic rings. The number of rotatable bonds is 7. The zero-order valence-electron chi connectivity index (χ0n) is 17.8. The Labute approximate surface area is 200 Å². The van der Waals surface area contributed by atoms with Crippen molar-refractivity contribution >= 4 is 17.5 Å². The average molecular weight is 508 g/mol. The second-order valence-corrected chi connectivity index (χ2v) is 7.84. The van der Waals surface area contributed by atoms with E-state index in [1.54, 1.807) is 12.1 Å². The number of hydrogen-bond donors (Lipinski definition) is 2. The van der Waals surface area contributed by atoms with E-state index in [0.717, 1.165) is 13.9 Å². The van der Waals surface area contributed by atoms with Crippen molar-refractivity contribution in [2.75, 3.05) is 0 Å². The number of carbonyl (C=O) groups excluding carboxylic acids is 1. The van der Waals surface area contributed by atoms with Gasteiger partial charge in [-0.25, -0.2) is 19.1 Å². The monoisotopic (exact) mass is 507 g/mol. The van der Waals surface area contributed by atoms with E-state index in [4.69, 9.17) is 17.3 Å². The Bertz CT molecular complexity index is 1440. The van der Waals surface area contributed by atoms with Crippen LogP contribution in [0.5, 0.6) is 5.75 Å². The number of phenolic OH excluding ortho intramolecular Hbond substituents is 1. The molecule has 0 saturated heterocycles. The van der Waals surface area contributed by atoms with E-state index in [1.807, 2.05) is 0 Å². The van der Waals surface area contributed by atoms with Crippen LogP contribution in [-0.4, -0.2) is 46.3 Å². The highest BCUT2D eigenvalue weighted by Gasteiger charge is 2.29. The molecule has 35 heavy (non-hydrogen) atoms. The molecule has 0 spiro atoms. The number of para-hydroxylation sites is 2. The quantitative estimate of drug-likeness (QED) is 0.395. The summed E-state index contributed by atoms with van der Waals surface area (Å²) in [5.74, 6) is -1.55. The van der Waals surface area contributed by atoms with Gasteiger partial charge in [-0.1, -0.05) is 23.7 Å². The fraction of sp³-hybridized carbons (Fsp3) is 0.190. The van der Waals surface area contributed by atoms with E-state index >= 15 is 0 Å². The molecule has 10 nitrogen and oxygen atoms in total. The van der Waals surface area contributed by atoms with Gasteiger partial charge in [-0.15, -0.1) is 10.2 Å². The fourth-order valence-corrected chi connectivity index (χ4v) is 3.45. The first-order valence-corrected chi connectivity index (χ1v) is 10.5. The summed E-state index contributed by atoms with van der Waals surface area (Å²) in [6.45, 7) is -1.04. The third-order valence-corrected chi connectivity index (χ3v) is 5.17. The second-order valence-electron chi connectivity index (χ2n) is 7.40. The lowest BCUT2D eigenvalue weighted by atomic mass is 10.2. The van der Waals surface area contributed by atoms with Crippen LogP contribution in [0.3, 0.4) is 0 Å². The number of primary amides is 1. The van der Waals surface area contributed by atoms with Gasteiger partial charge in [-0.3, -0.25) is 9.36 Å². The van der Waals surface area contributed by atoms with Gasteiger partial charge in [0.05, 0.1) is 6.42 Å². The molecule has 0 unspecified atom stereocenters. The Balaban J connectivity index is 1.76. The van der Waals surface area contributed by atoms with Gasteiger partial charge < -0.3 is 10.8 Å². The van der Waals surface area contributed by atoms with E-state index in [0.29, 0.717) is 10.6 Å². The Morgan fingerprint density at radius 3 is 2.40 bits per heavy atom. The van der Waals surface area contributed by atoms with Gasteiger partial charge in [-0.2, -0.15) is 13.2 Å². The van der Waals surface area contributed by atoms with E-state index in [9.17, 15) is 27.9 Å². The molecule has 0 saturated carbocycles. The Kier molecular flexibility index (Phi) is 6.35. The first kappa shape index (κ1) is 24.0. The maximum Gasteiger partial charge on any atom is 0.390 e. The molecule has 0 aliphatic carbocycles. The Hall–Kier alpha value is -4.13. The molecule has 14 heteroatoms. The van der Waals surface area contributed by atoms with Crippen LogP contribution in [0.1, 0.15) is 22.9 Å². The van der Waals surface area contributed by atoms with Crippen molar-refractivity contribution in [1.82, 2.24) is 29.1 Å². The molecule has 4 aromatic rings. The second kappa shape index (κ2) is 9.25. The van der Waals surface area contributed by atoms with Crippen LogP contribution in [0.15, 0.2) is 53.3 Å². The highest BCUT2D eigenvalue weighted by molar-refractivity contribution is 6.30. The summed E-state index contributed by atoms with van der Waals surface area (Å²) in [5, 5.41) is 18.8. The third kappa shape index (κ3) is 5.19. The van der Waals surface area contributed by atoms with Gasteiger partial charge in [0, 0.05) is 17.1 Å². The molecule has 0 fully saturated rings. The minimum absolute atomic E-state index is 0.00817. The van der Waals surface area contributed by atoms with Gasteiger partial charge in [0.1, 0.15) is 18.0 Å². The molecule has 0 aliphatic heterocycles. The average Bonchev–Trinajstić information content (AvgIpc) is 3.34. The van der Waals surface area contributed by atoms with E-state index < -0.39 is 30.7 Å². The van der Waals surface area contributed by atoms with E-state index in [2.05, 4.69) is 15.2 Å². The molecule has 0 bridgehead atoms. The lowest BCUT2D eigenvalue weighted by Crippen LogP contribution is -2.27. The minimum Gasteiger partial charge on any atom is -0.506 e. The van der Waals surface area contributed by atoms with E-state index in [1.165, 1.54) is 36.4 Å². The fourth-order valence-electron chi connectivity index (χ4n) is 3.32. The van der Waals surface area contributed by atoms with Crippen LogP contribution in [0.25, 0.3) is 17.1 Å². The zero-order valence-corrected chi connectivity index (χ0v) is 18.5. The predicted octanol–water partition coefficient (Wildman–Crippen LogP) is 2.75. The molecule has 2 aromatic heterocycles. The maximum absolute atomic E-state index is 13.0. The minimum atomic E-state index is -4.49. The van der Waals surface area contributed by atoms with Crippen LogP contribution < -0.4 is 11.4 Å². The van der Waals surface area contributed by atoms with Crippen molar-refractivity contribution in [3.05, 3.63) is 75.7 Å². The Morgan fingerprint density at radius 2 is 1.77 bits per heavy atom. The number of carbonyl (C=O) groups is 1. The molecule has 0 radical (unpaired) electrons. The van der Waals surface area contributed by atoms with Crippen molar-refractivity contribution in [2.45, 2.75) is 25.7 Å². The number of phenols is 1. The molecular formula is C21H17ClF3N7O3. The lowest BCUT2D eigenvalue weighted by Gasteiger charge is -2.08. The molecule has 1 amide bonds. The maximum atomic E-state index is 13.0. The summed E-state index contributed by atoms with van der Waals surface area (Å²) in [4.78, 5) is 28.9. The summed E-state index contributed by atoms with van der Waals surface area (Å²) >= 11 is 5.89. The number of alkyl halides is 3. The highest BCUT2D eigenvalue weighted by Crippen LogP contribution is 2.24. The normalized spacial score (nSPS) is 11.7. The summed E-state index contributed by atoms with van der Waals surface area (Å²) in [5.41, 5.74) is 5.04. The number of benzene rings is 2. The summed E-state index contributed by atoms with van der Waals surface area (Å²) in [6, 6.07) is 12.1. The number of aromatic hydroxyl groups is 1. The molecule has 2 heterocycles. The topological polar surface area (TPSA) is 134 Å². The first-order valence-electron chi connectivity index (χ1n) is 10.1. The molecule has 2 aromatic carbocycles. The van der Waals surface area contributed by atoms with Crippen LogP contribution in [0.2, 0.25) is 5.02 Å². The van der Waals surface area contributed by atoms with Crippen molar-refractivity contribution in [1.29, 1.82) is 0 Å². The van der Waals surface area contributed by atoms with Gasteiger partial charge in [0.25, 0.3) is 5.91 Å². The highest BCUT2D eigenvalue weighted by atomic mass is 35.5. The van der Waals surface area contributed by atoms with Crippen molar-refractivity contribution in [2.24, 2.45) is 5.73 Å². The van der Waals surface area contributed by atoms with Gasteiger partial charge in [0.15, 0.2) is 11.6 Å². The summed E-state index contributed by atoms with van der Waals surface area (Å²) in [7, 11) is 0. The van der Waals surface area contributed by atoms with Crippen molar-refractivity contribution in [3.63, 3.8) is 0 Å². The van der Waals surface area contributed by atoms with E-state index in [-0.39, 0.29) is 35.5 Å². The predicted molar refractivity (Wildman–Crippen MR) is 118 cm³/mol. The number of nitrogens with zero attached hydrogens (tertiary/aromatic N) is 6. The molecule has 182 valence electrons. The lowest BCUT2D eigenvalue weighted by molar-refractivity contribution is -0.136. The van der Waals surface area contributed by atoms with Crippen molar-refractivity contribution < 1.29 is 23.1 Å². The smallest absolute Gasteiger partial charge is 0.390 e. The molecule has 4 rings (SSSR count). The third-order valence-electron chi connectivity index (χ3n) is 4.92. The molecular weight excluding hydrogens is 491 g/mol. The zero-order chi connectivity index (χ0) is 25.3. The van der Waals surface area contributed by atoms with Gasteiger partial charge >= 0.3 is 11.9 Å². The van der Waals surface area contributed by atoms with Crippen molar-refractivity contribution in [3.8, 4) is 22.8 Å². The summed E-state index contributed by atoms with van der Waals surface area (Å²) < 4.78 is 41.4. The number of hydrogen-bond acceptors (Lipinski definition) is 6. The number of nitrogens with two attached hydrogens (primary N) is 1. The Morgan fingerprint density at radius 1 is 1.09 bits per heavy atom. The van der Waals surface area contributed by atoms with Crippen LogP contribution in [0.4, 0.5) is 13.2 Å². The van der Waals surface area contributed by atoms with Gasteiger partial charge in [-0.05, 0) is 36.4 Å². The van der Waals surface area contributed by atoms with Crippen LogP contribution in [0, 0.1) is 0 Å². The summed E-state index contributed by atoms with van der Waals surface area (Å²) in [6.07, 6.45) is -5.74. The molecule has 0 atom stereocenters. The number of halogens is 4. The van der Waals surface area contributed by atoms with Gasteiger partial charge in [0.2, 0.25) is 5.82 Å². The largest absolute Gasteiger partial charge is 0.506 e. The first-order chi connectivity index (χ1) is 16.5.